The van der Waals surface area contributed by atoms with Crippen LogP contribution in [-0.4, -0.2) is 42.9 Å². The third-order valence-corrected chi connectivity index (χ3v) is 8.12. The number of benzene rings is 3. The maximum atomic E-state index is 13.4. The van der Waals surface area contributed by atoms with Gasteiger partial charge in [0.1, 0.15) is 29.3 Å². The smallest absolute Gasteiger partial charge is 0.338 e. The minimum atomic E-state index is -1.17. The number of hydrogen-bond donors (Lipinski definition) is 2. The molecule has 1 aliphatic carbocycles. The summed E-state index contributed by atoms with van der Waals surface area (Å²) in [7, 11) is 0. The molecule has 0 unspecified atom stereocenters. The summed E-state index contributed by atoms with van der Waals surface area (Å²) in [6, 6.07) is 25.3. The van der Waals surface area contributed by atoms with Crippen LogP contribution in [0.25, 0.3) is 22.2 Å². The van der Waals surface area contributed by atoms with Crippen LogP contribution in [-0.2, 0) is 4.74 Å². The van der Waals surface area contributed by atoms with Gasteiger partial charge in [-0.3, -0.25) is 0 Å². The van der Waals surface area contributed by atoms with Crippen molar-refractivity contribution in [2.24, 2.45) is 5.92 Å². The summed E-state index contributed by atoms with van der Waals surface area (Å²) in [6.07, 6.45) is 0.306. The molecule has 0 amide bonds. The van der Waals surface area contributed by atoms with Gasteiger partial charge in [-0.25, -0.2) is 14.8 Å². The highest BCUT2D eigenvalue weighted by Crippen LogP contribution is 2.45. The van der Waals surface area contributed by atoms with Crippen molar-refractivity contribution >= 4 is 40.2 Å². The second-order valence-corrected chi connectivity index (χ2v) is 10.7. The van der Waals surface area contributed by atoms with E-state index < -0.39 is 36.2 Å². The van der Waals surface area contributed by atoms with Crippen molar-refractivity contribution in [1.29, 1.82) is 0 Å². The van der Waals surface area contributed by atoms with Crippen LogP contribution in [0.2, 0.25) is 10.2 Å². The maximum Gasteiger partial charge on any atom is 0.338 e. The number of fused-ring (bicyclic) bond motifs is 1. The minimum absolute atomic E-state index is 0.305. The fourth-order valence-corrected chi connectivity index (χ4v) is 5.81. The lowest BCUT2D eigenvalue weighted by Crippen LogP contribution is -2.32. The zero-order valence-corrected chi connectivity index (χ0v) is 22.7. The molecular weight excluding hydrogens is 549 g/mol. The van der Waals surface area contributed by atoms with Crippen molar-refractivity contribution in [2.75, 3.05) is 0 Å². The highest BCUT2D eigenvalue weighted by Gasteiger charge is 2.48. The number of nitrogens with zero attached hydrogens (tertiary/aromatic N) is 3. The Labute approximate surface area is 240 Å². The molecule has 6 rings (SSSR count). The van der Waals surface area contributed by atoms with E-state index in [1.165, 1.54) is 6.33 Å². The minimum Gasteiger partial charge on any atom is -0.453 e. The third-order valence-electron chi connectivity index (χ3n) is 7.56. The van der Waals surface area contributed by atoms with E-state index in [0.29, 0.717) is 38.8 Å². The van der Waals surface area contributed by atoms with Crippen LogP contribution in [0.3, 0.4) is 0 Å². The van der Waals surface area contributed by atoms with Gasteiger partial charge in [0.15, 0.2) is 0 Å². The van der Waals surface area contributed by atoms with Crippen LogP contribution in [0.5, 0.6) is 0 Å². The second-order valence-electron chi connectivity index (χ2n) is 9.89. The Morgan fingerprint density at radius 3 is 2.30 bits per heavy atom. The molecule has 7 nitrogen and oxygen atoms in total. The Bertz CT molecular complexity index is 1640. The number of hydrogen-bond acceptors (Lipinski definition) is 6. The molecular formula is C31H25Cl2N3O4. The van der Waals surface area contributed by atoms with E-state index >= 15 is 0 Å². The molecule has 0 radical (unpaired) electrons. The van der Waals surface area contributed by atoms with Crippen molar-refractivity contribution in [3.63, 3.8) is 0 Å². The van der Waals surface area contributed by atoms with Crippen molar-refractivity contribution in [3.8, 4) is 11.1 Å². The molecule has 1 fully saturated rings. The molecule has 5 aromatic rings. The largest absolute Gasteiger partial charge is 0.453 e. The van der Waals surface area contributed by atoms with Gasteiger partial charge >= 0.3 is 5.97 Å². The first-order chi connectivity index (χ1) is 19.4. The van der Waals surface area contributed by atoms with Crippen LogP contribution < -0.4 is 0 Å². The zero-order chi connectivity index (χ0) is 27.8. The van der Waals surface area contributed by atoms with Crippen molar-refractivity contribution < 1.29 is 19.7 Å². The van der Waals surface area contributed by atoms with Crippen molar-refractivity contribution in [1.82, 2.24) is 14.5 Å². The molecule has 0 spiro atoms. The number of ether oxygens (including phenoxy) is 1. The summed E-state index contributed by atoms with van der Waals surface area (Å²) in [4.78, 5) is 21.7. The highest BCUT2D eigenvalue weighted by atomic mass is 35.5. The fourth-order valence-electron chi connectivity index (χ4n) is 5.49. The van der Waals surface area contributed by atoms with Crippen molar-refractivity contribution in [2.45, 2.75) is 30.8 Å². The van der Waals surface area contributed by atoms with Gasteiger partial charge in [-0.05, 0) is 53.4 Å². The standard InChI is InChI=1S/C31H25Cl2N3O4/c32-22-12-10-20(11-13-22)28(40-31(39)21-8-6-19(7-9-21)18-4-2-1-3-5-18)24-16-25(27(38)26(24)37)36-15-14-23-29(33)34-17-35-30(23)36/h1-15,17,24-28,37-38H,16H2/t24-,25+,26+,27-,28+/m0/s1. The number of carbonyl (C=O) groups excluding carboxylic acids is 1. The fraction of sp³-hybridized carbons (Fsp3) is 0.194. The van der Waals surface area contributed by atoms with Gasteiger partial charge < -0.3 is 19.5 Å². The Kier molecular flexibility index (Phi) is 7.29. The topological polar surface area (TPSA) is 97.5 Å². The molecule has 1 aliphatic rings. The summed E-state index contributed by atoms with van der Waals surface area (Å²) in [5.41, 5.74) is 3.62. The van der Waals surface area contributed by atoms with Crippen LogP contribution in [0, 0.1) is 5.92 Å². The van der Waals surface area contributed by atoms with E-state index in [4.69, 9.17) is 27.9 Å². The first-order valence-electron chi connectivity index (χ1n) is 12.9. The van der Waals surface area contributed by atoms with Crippen LogP contribution in [0.1, 0.15) is 34.5 Å². The second kappa shape index (κ2) is 11.0. The highest BCUT2D eigenvalue weighted by molar-refractivity contribution is 6.33. The van der Waals surface area contributed by atoms with E-state index in [1.54, 1.807) is 53.2 Å². The molecule has 2 N–H and O–H groups in total. The number of carbonyl (C=O) groups is 1. The van der Waals surface area contributed by atoms with Gasteiger partial charge in [-0.1, -0.05) is 77.8 Å². The van der Waals surface area contributed by atoms with Gasteiger partial charge in [0.25, 0.3) is 0 Å². The van der Waals surface area contributed by atoms with E-state index in [2.05, 4.69) is 9.97 Å². The molecule has 0 bridgehead atoms. The Morgan fingerprint density at radius 2 is 1.57 bits per heavy atom. The summed E-state index contributed by atoms with van der Waals surface area (Å²) in [5, 5.41) is 23.9. The predicted molar refractivity (Wildman–Crippen MR) is 153 cm³/mol. The molecule has 0 saturated heterocycles. The third kappa shape index (κ3) is 4.97. The summed E-state index contributed by atoms with van der Waals surface area (Å²) in [6.45, 7) is 0. The summed E-state index contributed by atoms with van der Waals surface area (Å²) >= 11 is 12.4. The quantitative estimate of drug-likeness (QED) is 0.183. The maximum absolute atomic E-state index is 13.4. The van der Waals surface area contributed by atoms with Gasteiger partial charge in [0.2, 0.25) is 0 Å². The monoisotopic (exact) mass is 573 g/mol. The lowest BCUT2D eigenvalue weighted by atomic mass is 9.92. The molecule has 9 heteroatoms. The van der Waals surface area contributed by atoms with Gasteiger partial charge in [-0.15, -0.1) is 0 Å². The van der Waals surface area contributed by atoms with Crippen LogP contribution >= 0.6 is 23.2 Å². The first kappa shape index (κ1) is 26.5. The SMILES string of the molecule is O=C(O[C@H](c1ccc(Cl)cc1)[C@H]1C[C@@H](n2ccc3c(Cl)ncnc32)[C@H](O)[C@@H]1O)c1ccc(-c2ccccc2)cc1. The number of halogens is 2. The summed E-state index contributed by atoms with van der Waals surface area (Å²) in [5.74, 6) is -1.14. The van der Waals surface area contributed by atoms with Crippen LogP contribution in [0.4, 0.5) is 0 Å². The lowest BCUT2D eigenvalue weighted by Gasteiger charge is -2.27. The molecule has 202 valence electrons. The normalized spacial score (nSPS) is 21.4. The molecule has 2 heterocycles. The average Bonchev–Trinajstić information content (AvgIpc) is 3.54. The molecule has 1 saturated carbocycles. The predicted octanol–water partition coefficient (Wildman–Crippen LogP) is 6.29. The Morgan fingerprint density at radius 1 is 0.875 bits per heavy atom. The van der Waals surface area contributed by atoms with Gasteiger partial charge in [0.05, 0.1) is 23.1 Å². The molecule has 40 heavy (non-hydrogen) atoms. The van der Waals surface area contributed by atoms with E-state index in [-0.39, 0.29) is 0 Å². The average molecular weight is 574 g/mol. The Balaban J connectivity index is 1.30. The Hall–Kier alpha value is -3.75. The van der Waals surface area contributed by atoms with Crippen LogP contribution in [0.15, 0.2) is 97.5 Å². The molecule has 5 atom stereocenters. The van der Waals surface area contributed by atoms with Gasteiger partial charge in [-0.2, -0.15) is 0 Å². The molecule has 3 aromatic carbocycles. The number of rotatable bonds is 6. The zero-order valence-electron chi connectivity index (χ0n) is 21.1. The number of aromatic nitrogens is 3. The molecule has 0 aliphatic heterocycles. The summed E-state index contributed by atoms with van der Waals surface area (Å²) < 4.78 is 7.87. The number of aliphatic hydroxyl groups is 2. The van der Waals surface area contributed by atoms with Crippen molar-refractivity contribution in [3.05, 3.63) is 119 Å². The molecule has 2 aromatic heterocycles. The van der Waals surface area contributed by atoms with E-state index in [0.717, 1.165) is 11.1 Å². The first-order valence-corrected chi connectivity index (χ1v) is 13.6. The lowest BCUT2D eigenvalue weighted by molar-refractivity contribution is -0.0391. The van der Waals surface area contributed by atoms with E-state index in [1.807, 2.05) is 42.5 Å². The number of esters is 1. The van der Waals surface area contributed by atoms with E-state index in [9.17, 15) is 15.0 Å². The number of aliphatic hydroxyl groups excluding tert-OH is 2. The van der Waals surface area contributed by atoms with Gasteiger partial charge in [0, 0.05) is 17.1 Å².